The number of nitrogens with zero attached hydrogens (tertiary/aromatic N) is 5. The second kappa shape index (κ2) is 10.3. The van der Waals surface area contributed by atoms with Crippen molar-refractivity contribution in [1.29, 1.82) is 0 Å². The van der Waals surface area contributed by atoms with Crippen LogP contribution in [0.2, 0.25) is 0 Å². The van der Waals surface area contributed by atoms with Crippen LogP contribution in [0, 0.1) is 5.82 Å². The maximum absolute atomic E-state index is 14.5. The number of halogens is 1. The number of anilines is 2. The lowest BCUT2D eigenvalue weighted by Crippen LogP contribution is -2.37. The highest BCUT2D eigenvalue weighted by Crippen LogP contribution is 2.27. The van der Waals surface area contributed by atoms with Gasteiger partial charge in [-0.2, -0.15) is 4.98 Å². The lowest BCUT2D eigenvalue weighted by molar-refractivity contribution is -0.129. The summed E-state index contributed by atoms with van der Waals surface area (Å²) in [6.07, 6.45) is 2.46. The first-order chi connectivity index (χ1) is 15.9. The van der Waals surface area contributed by atoms with Gasteiger partial charge < -0.3 is 24.2 Å². The van der Waals surface area contributed by atoms with Crippen molar-refractivity contribution in [3.63, 3.8) is 0 Å². The molecule has 0 spiro atoms. The molecule has 2 atom stereocenters. The number of benzene rings is 1. The second-order valence-corrected chi connectivity index (χ2v) is 8.88. The van der Waals surface area contributed by atoms with Crippen molar-refractivity contribution in [1.82, 2.24) is 14.9 Å². The molecule has 2 saturated heterocycles. The van der Waals surface area contributed by atoms with E-state index in [0.29, 0.717) is 57.6 Å². The van der Waals surface area contributed by atoms with Crippen molar-refractivity contribution < 1.29 is 18.7 Å². The third-order valence-corrected chi connectivity index (χ3v) is 6.18. The van der Waals surface area contributed by atoms with Crippen LogP contribution in [0.15, 0.2) is 30.5 Å². The van der Waals surface area contributed by atoms with Gasteiger partial charge in [0.05, 0.1) is 26.0 Å². The van der Waals surface area contributed by atoms with Crippen molar-refractivity contribution in [2.45, 2.75) is 31.8 Å². The SMILES string of the molecule is C[C@H](CC(=O)N(C)C)c1ccc(O[C@@H]2CCN(c3nc(N4CCOCC4)ncc3F)C2)cc1. The number of amides is 1. The fourth-order valence-electron chi connectivity index (χ4n) is 4.13. The predicted octanol–water partition coefficient (Wildman–Crippen LogP) is 2.69. The van der Waals surface area contributed by atoms with Crippen LogP contribution in [-0.2, 0) is 9.53 Å². The maximum atomic E-state index is 14.5. The first-order valence-corrected chi connectivity index (χ1v) is 11.5. The van der Waals surface area contributed by atoms with Crippen LogP contribution in [0.3, 0.4) is 0 Å². The molecule has 0 unspecified atom stereocenters. The van der Waals surface area contributed by atoms with E-state index in [9.17, 15) is 9.18 Å². The van der Waals surface area contributed by atoms with E-state index in [0.717, 1.165) is 17.7 Å². The lowest BCUT2D eigenvalue weighted by Gasteiger charge is -2.27. The molecule has 178 valence electrons. The van der Waals surface area contributed by atoms with Crippen molar-refractivity contribution >= 4 is 17.7 Å². The molecule has 2 aliphatic rings. The Morgan fingerprint density at radius 3 is 2.64 bits per heavy atom. The molecule has 3 heterocycles. The van der Waals surface area contributed by atoms with Gasteiger partial charge in [-0.25, -0.2) is 9.37 Å². The highest BCUT2D eigenvalue weighted by Gasteiger charge is 2.28. The Balaban J connectivity index is 1.35. The average molecular weight is 458 g/mol. The number of carbonyl (C=O) groups is 1. The van der Waals surface area contributed by atoms with E-state index >= 15 is 0 Å². The summed E-state index contributed by atoms with van der Waals surface area (Å²) in [7, 11) is 3.54. The highest BCUT2D eigenvalue weighted by atomic mass is 19.1. The van der Waals surface area contributed by atoms with Gasteiger partial charge in [0.2, 0.25) is 11.9 Å². The third-order valence-electron chi connectivity index (χ3n) is 6.18. The molecule has 1 amide bonds. The molecule has 0 saturated carbocycles. The largest absolute Gasteiger partial charge is 0.489 e. The quantitative estimate of drug-likeness (QED) is 0.633. The standard InChI is InChI=1S/C24H32FN5O3/c1-17(14-22(31)28(2)3)18-4-6-19(7-5-18)33-20-8-9-30(16-20)23-21(25)15-26-24(27-23)29-10-12-32-13-11-29/h4-7,15,17,20H,8-14,16H2,1-3H3/t17-,20-/m1/s1. The van der Waals surface area contributed by atoms with Gasteiger partial charge in [-0.15, -0.1) is 0 Å². The van der Waals surface area contributed by atoms with Crippen molar-refractivity contribution in [2.24, 2.45) is 0 Å². The van der Waals surface area contributed by atoms with Gasteiger partial charge in [0.1, 0.15) is 11.9 Å². The maximum Gasteiger partial charge on any atom is 0.227 e. The topological polar surface area (TPSA) is 71.0 Å². The lowest BCUT2D eigenvalue weighted by atomic mass is 9.97. The van der Waals surface area contributed by atoms with Gasteiger partial charge >= 0.3 is 0 Å². The molecular formula is C24H32FN5O3. The number of aromatic nitrogens is 2. The molecule has 9 heteroatoms. The molecular weight excluding hydrogens is 425 g/mol. The molecule has 2 aliphatic heterocycles. The molecule has 2 fully saturated rings. The molecule has 2 aromatic rings. The number of carbonyl (C=O) groups excluding carboxylic acids is 1. The van der Waals surface area contributed by atoms with Crippen LogP contribution >= 0.6 is 0 Å². The van der Waals surface area contributed by atoms with E-state index in [2.05, 4.69) is 9.97 Å². The molecule has 0 radical (unpaired) electrons. The van der Waals surface area contributed by atoms with E-state index in [4.69, 9.17) is 9.47 Å². The predicted molar refractivity (Wildman–Crippen MR) is 124 cm³/mol. The van der Waals surface area contributed by atoms with Crippen molar-refractivity contribution in [3.8, 4) is 5.75 Å². The molecule has 0 N–H and O–H groups in total. The van der Waals surface area contributed by atoms with Gasteiger partial charge in [0.25, 0.3) is 0 Å². The van der Waals surface area contributed by atoms with Gasteiger partial charge in [-0.1, -0.05) is 19.1 Å². The summed E-state index contributed by atoms with van der Waals surface area (Å²) in [5.41, 5.74) is 1.10. The summed E-state index contributed by atoms with van der Waals surface area (Å²) in [4.78, 5) is 26.2. The Bertz CT molecular complexity index is 950. The van der Waals surface area contributed by atoms with Crippen LogP contribution in [0.5, 0.6) is 5.75 Å². The first-order valence-electron chi connectivity index (χ1n) is 11.5. The van der Waals surface area contributed by atoms with Crippen LogP contribution in [0.1, 0.15) is 31.2 Å². The highest BCUT2D eigenvalue weighted by molar-refractivity contribution is 5.76. The fourth-order valence-corrected chi connectivity index (χ4v) is 4.13. The zero-order chi connectivity index (χ0) is 23.4. The van der Waals surface area contributed by atoms with Crippen molar-refractivity contribution in [3.05, 3.63) is 41.8 Å². The van der Waals surface area contributed by atoms with E-state index in [-0.39, 0.29) is 17.9 Å². The summed E-state index contributed by atoms with van der Waals surface area (Å²) in [6, 6.07) is 7.90. The Hall–Kier alpha value is -2.94. The monoisotopic (exact) mass is 457 g/mol. The summed E-state index contributed by atoms with van der Waals surface area (Å²) >= 11 is 0. The van der Waals surface area contributed by atoms with E-state index in [1.807, 2.05) is 41.0 Å². The third kappa shape index (κ3) is 5.71. The Labute approximate surface area is 194 Å². The number of hydrogen-bond acceptors (Lipinski definition) is 7. The summed E-state index contributed by atoms with van der Waals surface area (Å²) < 4.78 is 26.1. The first kappa shape index (κ1) is 23.2. The minimum Gasteiger partial charge on any atom is -0.489 e. The zero-order valence-electron chi connectivity index (χ0n) is 19.5. The van der Waals surface area contributed by atoms with Gasteiger partial charge in [0.15, 0.2) is 11.6 Å². The number of morpholine rings is 1. The van der Waals surface area contributed by atoms with Crippen LogP contribution in [-0.4, -0.2) is 80.4 Å². The molecule has 0 bridgehead atoms. The molecule has 33 heavy (non-hydrogen) atoms. The van der Waals surface area contributed by atoms with Gasteiger partial charge in [-0.3, -0.25) is 4.79 Å². The molecule has 1 aromatic carbocycles. The van der Waals surface area contributed by atoms with Gasteiger partial charge in [0, 0.05) is 46.6 Å². The van der Waals surface area contributed by atoms with Crippen LogP contribution in [0.25, 0.3) is 0 Å². The minimum atomic E-state index is -0.418. The van der Waals surface area contributed by atoms with E-state index in [1.165, 1.54) is 6.20 Å². The molecule has 0 aliphatic carbocycles. The number of ether oxygens (including phenoxy) is 2. The summed E-state index contributed by atoms with van der Waals surface area (Å²) in [6.45, 7) is 5.93. The second-order valence-electron chi connectivity index (χ2n) is 8.88. The minimum absolute atomic E-state index is 0.0511. The van der Waals surface area contributed by atoms with E-state index in [1.54, 1.807) is 19.0 Å². The number of rotatable bonds is 7. The Morgan fingerprint density at radius 1 is 1.21 bits per heavy atom. The zero-order valence-corrected chi connectivity index (χ0v) is 19.5. The Morgan fingerprint density at radius 2 is 1.94 bits per heavy atom. The van der Waals surface area contributed by atoms with E-state index < -0.39 is 5.82 Å². The molecule has 4 rings (SSSR count). The molecule has 1 aromatic heterocycles. The van der Waals surface area contributed by atoms with Crippen LogP contribution in [0.4, 0.5) is 16.2 Å². The Kier molecular flexibility index (Phi) is 7.27. The number of hydrogen-bond donors (Lipinski definition) is 0. The smallest absolute Gasteiger partial charge is 0.227 e. The summed E-state index contributed by atoms with van der Waals surface area (Å²) in [5.74, 6) is 1.47. The summed E-state index contributed by atoms with van der Waals surface area (Å²) in [5, 5.41) is 0. The fraction of sp³-hybridized carbons (Fsp3) is 0.542. The van der Waals surface area contributed by atoms with Crippen LogP contribution < -0.4 is 14.5 Å². The van der Waals surface area contributed by atoms with Crippen molar-refractivity contribution in [2.75, 3.05) is 63.3 Å². The average Bonchev–Trinajstić information content (AvgIpc) is 3.28. The van der Waals surface area contributed by atoms with Gasteiger partial charge in [-0.05, 0) is 23.6 Å². The normalized spacial score (nSPS) is 19.5. The molecule has 8 nitrogen and oxygen atoms in total.